The highest BCUT2D eigenvalue weighted by Gasteiger charge is 2.47. The molecule has 19 heavy (non-hydrogen) atoms. The van der Waals surface area contributed by atoms with Crippen LogP contribution in [0.1, 0.15) is 20.3 Å². The number of aliphatic hydroxyl groups excluding tert-OH is 1. The van der Waals surface area contributed by atoms with E-state index in [-0.39, 0.29) is 6.42 Å². The smallest absolute Gasteiger partial charge is 0.354 e. The second kappa shape index (κ2) is 5.83. The second-order valence-electron chi connectivity index (χ2n) is 4.18. The summed E-state index contributed by atoms with van der Waals surface area (Å²) in [5, 5.41) is 9.68. The zero-order valence-corrected chi connectivity index (χ0v) is 10.9. The molecule has 0 amide bonds. The molecule has 0 fully saturated rings. The summed E-state index contributed by atoms with van der Waals surface area (Å²) in [5.41, 5.74) is -1.68. The van der Waals surface area contributed by atoms with Gasteiger partial charge in [-0.2, -0.15) is 0 Å². The van der Waals surface area contributed by atoms with Gasteiger partial charge in [-0.3, -0.25) is 9.59 Å². The van der Waals surface area contributed by atoms with Gasteiger partial charge in [-0.05, 0) is 6.08 Å². The van der Waals surface area contributed by atoms with Crippen molar-refractivity contribution in [2.75, 3.05) is 7.11 Å². The van der Waals surface area contributed by atoms with Crippen molar-refractivity contribution in [2.24, 2.45) is 0 Å². The molecule has 3 atom stereocenters. The van der Waals surface area contributed by atoms with E-state index in [1.165, 1.54) is 19.1 Å². The highest BCUT2D eigenvalue weighted by molar-refractivity contribution is 5.85. The molecule has 1 aliphatic carbocycles. The van der Waals surface area contributed by atoms with Gasteiger partial charge in [-0.15, -0.1) is 0 Å². The second-order valence-corrected chi connectivity index (χ2v) is 4.18. The molecule has 0 unspecified atom stereocenters. The van der Waals surface area contributed by atoms with Crippen LogP contribution in [0.5, 0.6) is 0 Å². The van der Waals surface area contributed by atoms with Crippen molar-refractivity contribution in [2.45, 2.75) is 38.1 Å². The lowest BCUT2D eigenvalue weighted by Gasteiger charge is -2.35. The molecule has 0 saturated heterocycles. The number of hydrogen-bond donors (Lipinski definition) is 1. The van der Waals surface area contributed by atoms with E-state index in [0.29, 0.717) is 0 Å². The van der Waals surface area contributed by atoms with Crippen LogP contribution < -0.4 is 0 Å². The van der Waals surface area contributed by atoms with Gasteiger partial charge in [0.25, 0.3) is 0 Å². The minimum Gasteiger partial charge on any atom is -0.466 e. The lowest BCUT2D eigenvalue weighted by atomic mass is 9.87. The van der Waals surface area contributed by atoms with E-state index in [2.05, 4.69) is 4.74 Å². The Hall–Kier alpha value is -1.89. The van der Waals surface area contributed by atoms with E-state index in [4.69, 9.17) is 9.47 Å². The number of ether oxygens (including phenoxy) is 3. The first-order valence-corrected chi connectivity index (χ1v) is 5.63. The number of methoxy groups -OCH3 is 1. The molecular formula is C12H16O7. The summed E-state index contributed by atoms with van der Waals surface area (Å²) in [4.78, 5) is 33.9. The van der Waals surface area contributed by atoms with Gasteiger partial charge >= 0.3 is 17.9 Å². The van der Waals surface area contributed by atoms with Gasteiger partial charge in [-0.25, -0.2) is 4.79 Å². The number of aliphatic hydroxyl groups is 1. The topological polar surface area (TPSA) is 99.1 Å². The predicted molar refractivity (Wildman–Crippen MR) is 61.8 cm³/mol. The van der Waals surface area contributed by atoms with Crippen LogP contribution in [0.3, 0.4) is 0 Å². The Kier molecular flexibility index (Phi) is 4.66. The molecule has 0 bridgehead atoms. The van der Waals surface area contributed by atoms with Gasteiger partial charge < -0.3 is 19.3 Å². The van der Waals surface area contributed by atoms with Crippen LogP contribution in [0.2, 0.25) is 0 Å². The molecule has 7 heteroatoms. The van der Waals surface area contributed by atoms with Crippen LogP contribution >= 0.6 is 0 Å². The summed E-state index contributed by atoms with van der Waals surface area (Å²) in [7, 11) is 1.15. The molecule has 1 rings (SSSR count). The molecule has 0 saturated carbocycles. The fourth-order valence-corrected chi connectivity index (χ4v) is 1.89. The molecule has 106 valence electrons. The third kappa shape index (κ3) is 3.54. The van der Waals surface area contributed by atoms with E-state index >= 15 is 0 Å². The van der Waals surface area contributed by atoms with Crippen LogP contribution in [0.4, 0.5) is 0 Å². The number of rotatable bonds is 3. The van der Waals surface area contributed by atoms with Crippen LogP contribution in [-0.4, -0.2) is 47.9 Å². The molecule has 7 nitrogen and oxygen atoms in total. The van der Waals surface area contributed by atoms with E-state index in [0.717, 1.165) is 14.0 Å². The van der Waals surface area contributed by atoms with Crippen molar-refractivity contribution in [3.05, 3.63) is 12.2 Å². The normalized spacial score (nSPS) is 29.5. The highest BCUT2D eigenvalue weighted by atomic mass is 16.6. The molecule has 0 heterocycles. The number of carbonyl (C=O) groups excluding carboxylic acids is 3. The SMILES string of the molecule is COC(=O)[C@]1(OC(C)=O)C=C[C@@H](O)[C@H](OC(C)=O)C1. The Balaban J connectivity index is 3.04. The number of carbonyl (C=O) groups is 3. The van der Waals surface area contributed by atoms with E-state index in [1.54, 1.807) is 0 Å². The first-order chi connectivity index (χ1) is 8.80. The monoisotopic (exact) mass is 272 g/mol. The molecule has 1 N–H and O–H groups in total. The minimum absolute atomic E-state index is 0.198. The van der Waals surface area contributed by atoms with Gasteiger partial charge in [0, 0.05) is 20.3 Å². The molecule has 0 aromatic heterocycles. The maximum Gasteiger partial charge on any atom is 0.354 e. The molecule has 0 radical (unpaired) electrons. The fourth-order valence-electron chi connectivity index (χ4n) is 1.89. The van der Waals surface area contributed by atoms with Crippen molar-refractivity contribution >= 4 is 17.9 Å². The van der Waals surface area contributed by atoms with Crippen LogP contribution in [0.25, 0.3) is 0 Å². The quantitative estimate of drug-likeness (QED) is 0.428. The Morgan fingerprint density at radius 1 is 1.26 bits per heavy atom. The summed E-state index contributed by atoms with van der Waals surface area (Å²) in [6, 6.07) is 0. The van der Waals surface area contributed by atoms with Crippen molar-refractivity contribution < 1.29 is 33.7 Å². The van der Waals surface area contributed by atoms with Gasteiger partial charge in [0.15, 0.2) is 0 Å². The summed E-state index contributed by atoms with van der Waals surface area (Å²) < 4.78 is 14.5. The van der Waals surface area contributed by atoms with Crippen molar-refractivity contribution in [1.82, 2.24) is 0 Å². The van der Waals surface area contributed by atoms with Gasteiger partial charge in [-0.1, -0.05) is 6.08 Å². The largest absolute Gasteiger partial charge is 0.466 e. The number of esters is 3. The Labute approximate surface area is 110 Å². The van der Waals surface area contributed by atoms with Crippen LogP contribution in [-0.2, 0) is 28.6 Å². The molecule has 0 aromatic rings. The maximum absolute atomic E-state index is 11.8. The molecular weight excluding hydrogens is 256 g/mol. The van der Waals surface area contributed by atoms with Gasteiger partial charge in [0.05, 0.1) is 7.11 Å². The van der Waals surface area contributed by atoms with Crippen molar-refractivity contribution in [3.63, 3.8) is 0 Å². The van der Waals surface area contributed by atoms with E-state index < -0.39 is 35.7 Å². The molecule has 0 spiro atoms. The Morgan fingerprint density at radius 3 is 2.37 bits per heavy atom. The first kappa shape index (κ1) is 15.2. The Morgan fingerprint density at radius 2 is 1.89 bits per heavy atom. The zero-order chi connectivity index (χ0) is 14.6. The number of hydrogen-bond acceptors (Lipinski definition) is 7. The van der Waals surface area contributed by atoms with Crippen LogP contribution in [0.15, 0.2) is 12.2 Å². The first-order valence-electron chi connectivity index (χ1n) is 5.63. The summed E-state index contributed by atoms with van der Waals surface area (Å²) >= 11 is 0. The third-order valence-corrected chi connectivity index (χ3v) is 2.62. The average Bonchev–Trinajstić information content (AvgIpc) is 2.31. The predicted octanol–water partition coefficient (Wildman–Crippen LogP) is -0.286. The lowest BCUT2D eigenvalue weighted by Crippen LogP contribution is -2.50. The average molecular weight is 272 g/mol. The Bertz CT molecular complexity index is 414. The molecule has 0 aliphatic heterocycles. The zero-order valence-electron chi connectivity index (χ0n) is 10.9. The minimum atomic E-state index is -1.68. The maximum atomic E-state index is 11.8. The summed E-state index contributed by atoms with van der Waals surface area (Å²) in [6.45, 7) is 2.32. The van der Waals surface area contributed by atoms with E-state index in [9.17, 15) is 19.5 Å². The van der Waals surface area contributed by atoms with Crippen molar-refractivity contribution in [3.8, 4) is 0 Å². The van der Waals surface area contributed by atoms with Gasteiger partial charge in [0.1, 0.15) is 12.2 Å². The van der Waals surface area contributed by atoms with Gasteiger partial charge in [0.2, 0.25) is 5.60 Å². The lowest BCUT2D eigenvalue weighted by molar-refractivity contribution is -0.182. The summed E-state index contributed by atoms with van der Waals surface area (Å²) in [6.07, 6.45) is 0.219. The highest BCUT2D eigenvalue weighted by Crippen LogP contribution is 2.30. The summed E-state index contributed by atoms with van der Waals surface area (Å²) in [5.74, 6) is -2.10. The third-order valence-electron chi connectivity index (χ3n) is 2.62. The standard InChI is InChI=1S/C12H16O7/c1-7(13)18-10-6-12(11(16)17-3,19-8(2)14)5-4-9(10)15/h4-5,9-10,15H,6H2,1-3H3/t9-,10-,12+/m1/s1. The molecule has 0 aromatic carbocycles. The fraction of sp³-hybridized carbons (Fsp3) is 0.583. The van der Waals surface area contributed by atoms with Crippen molar-refractivity contribution in [1.29, 1.82) is 0 Å². The van der Waals surface area contributed by atoms with Crippen LogP contribution in [0, 0.1) is 0 Å². The molecule has 1 aliphatic rings. The van der Waals surface area contributed by atoms with E-state index in [1.807, 2.05) is 0 Å².